The fraction of sp³-hybridized carbons (Fsp3) is 0.188. The van der Waals surface area contributed by atoms with E-state index in [-0.39, 0.29) is 11.4 Å². The van der Waals surface area contributed by atoms with Crippen molar-refractivity contribution < 1.29 is 9.90 Å². The largest absolute Gasteiger partial charge is 0.508 e. The van der Waals surface area contributed by atoms with Crippen LogP contribution in [0.1, 0.15) is 21.7 Å². The van der Waals surface area contributed by atoms with Crippen molar-refractivity contribution in [2.45, 2.75) is 13.8 Å². The number of rotatable bonds is 2. The van der Waals surface area contributed by atoms with E-state index in [4.69, 9.17) is 5.73 Å². The summed E-state index contributed by atoms with van der Waals surface area (Å²) >= 11 is 0. The van der Waals surface area contributed by atoms with Crippen LogP contribution in [0.15, 0.2) is 18.2 Å². The Morgan fingerprint density at radius 1 is 1.32 bits per heavy atom. The molecule has 112 valence electrons. The topological polar surface area (TPSA) is 94.0 Å². The number of aromatic hydroxyl groups is 1. The van der Waals surface area contributed by atoms with Gasteiger partial charge < -0.3 is 10.8 Å². The molecule has 2 heterocycles. The van der Waals surface area contributed by atoms with Gasteiger partial charge in [-0.05, 0) is 31.0 Å². The van der Waals surface area contributed by atoms with Crippen molar-refractivity contribution in [2.75, 3.05) is 5.73 Å². The Morgan fingerprint density at radius 3 is 2.73 bits per heavy atom. The Kier molecular flexibility index (Phi) is 3.09. The predicted molar refractivity (Wildman–Crippen MR) is 84.9 cm³/mol. The number of carbonyl (C=O) groups excluding carboxylic acids is 1. The van der Waals surface area contributed by atoms with Gasteiger partial charge >= 0.3 is 0 Å². The van der Waals surface area contributed by atoms with Crippen LogP contribution in [-0.2, 0) is 7.05 Å². The molecule has 3 aromatic rings. The van der Waals surface area contributed by atoms with Crippen molar-refractivity contribution in [2.24, 2.45) is 7.05 Å². The standard InChI is InChI=1S/C16H16N4O2/c1-8-10(5-4-6-12(8)22)14-13-9(2)19-20(3)16(13)18-11(7-21)15(14)17/h4-7,22H,17H2,1-3H3. The van der Waals surface area contributed by atoms with Crippen molar-refractivity contribution in [1.82, 2.24) is 14.8 Å². The summed E-state index contributed by atoms with van der Waals surface area (Å²) in [4.78, 5) is 15.6. The lowest BCUT2D eigenvalue weighted by molar-refractivity contribution is 0.112. The summed E-state index contributed by atoms with van der Waals surface area (Å²) < 4.78 is 1.62. The molecule has 0 saturated carbocycles. The molecule has 0 bridgehead atoms. The number of nitrogens with two attached hydrogens (primary N) is 1. The van der Waals surface area contributed by atoms with E-state index in [0.29, 0.717) is 28.7 Å². The van der Waals surface area contributed by atoms with E-state index < -0.39 is 0 Å². The molecule has 0 amide bonds. The molecule has 0 aliphatic rings. The van der Waals surface area contributed by atoms with Crippen LogP contribution in [0.25, 0.3) is 22.2 Å². The van der Waals surface area contributed by atoms with Gasteiger partial charge in [0.05, 0.1) is 16.8 Å². The third-order valence-corrected chi connectivity index (χ3v) is 3.90. The number of anilines is 1. The summed E-state index contributed by atoms with van der Waals surface area (Å²) in [5.74, 6) is 0.177. The van der Waals surface area contributed by atoms with Crippen LogP contribution in [0, 0.1) is 13.8 Å². The number of benzene rings is 1. The molecule has 2 aromatic heterocycles. The van der Waals surface area contributed by atoms with E-state index >= 15 is 0 Å². The molecule has 0 atom stereocenters. The van der Waals surface area contributed by atoms with E-state index in [2.05, 4.69) is 10.1 Å². The minimum absolute atomic E-state index is 0.174. The lowest BCUT2D eigenvalue weighted by atomic mass is 9.95. The Labute approximate surface area is 127 Å². The van der Waals surface area contributed by atoms with Gasteiger partial charge in [-0.3, -0.25) is 9.48 Å². The van der Waals surface area contributed by atoms with Crippen LogP contribution in [0.5, 0.6) is 5.75 Å². The zero-order valence-corrected chi connectivity index (χ0v) is 12.6. The van der Waals surface area contributed by atoms with E-state index in [9.17, 15) is 9.90 Å². The predicted octanol–water partition coefficient (Wildman–Crippen LogP) is 2.35. The molecule has 3 N–H and O–H groups in total. The molecule has 0 unspecified atom stereocenters. The van der Waals surface area contributed by atoms with Crippen LogP contribution in [0.3, 0.4) is 0 Å². The van der Waals surface area contributed by atoms with E-state index in [1.54, 1.807) is 23.9 Å². The van der Waals surface area contributed by atoms with Crippen molar-refractivity contribution >= 4 is 23.0 Å². The van der Waals surface area contributed by atoms with Crippen LogP contribution in [0.2, 0.25) is 0 Å². The number of aldehydes is 1. The van der Waals surface area contributed by atoms with Crippen LogP contribution >= 0.6 is 0 Å². The quantitative estimate of drug-likeness (QED) is 0.708. The molecule has 0 spiro atoms. The van der Waals surface area contributed by atoms with Gasteiger partial charge in [-0.15, -0.1) is 0 Å². The van der Waals surface area contributed by atoms with E-state index in [1.807, 2.05) is 19.9 Å². The first-order valence-corrected chi connectivity index (χ1v) is 6.82. The Morgan fingerprint density at radius 2 is 2.05 bits per heavy atom. The second-order valence-corrected chi connectivity index (χ2v) is 5.26. The molecule has 6 heteroatoms. The molecule has 6 nitrogen and oxygen atoms in total. The van der Waals surface area contributed by atoms with Gasteiger partial charge in [-0.25, -0.2) is 4.98 Å². The van der Waals surface area contributed by atoms with Gasteiger partial charge in [0.15, 0.2) is 11.9 Å². The molecular weight excluding hydrogens is 280 g/mol. The summed E-state index contributed by atoms with van der Waals surface area (Å²) in [5.41, 5.74) is 10.2. The lowest BCUT2D eigenvalue weighted by Gasteiger charge is -2.13. The summed E-state index contributed by atoms with van der Waals surface area (Å²) in [6.45, 7) is 3.67. The van der Waals surface area contributed by atoms with Crippen LogP contribution < -0.4 is 5.73 Å². The normalized spacial score (nSPS) is 11.0. The highest BCUT2D eigenvalue weighted by molar-refractivity contribution is 6.05. The number of carbonyl (C=O) groups is 1. The molecule has 0 aliphatic heterocycles. The SMILES string of the molecule is Cc1c(O)cccc1-c1c(N)c(C=O)nc2c1c(C)nn2C. The number of hydrogen-bond donors (Lipinski definition) is 2. The number of aryl methyl sites for hydroxylation is 2. The smallest absolute Gasteiger partial charge is 0.170 e. The number of hydrogen-bond acceptors (Lipinski definition) is 5. The number of fused-ring (bicyclic) bond motifs is 1. The van der Waals surface area contributed by atoms with Gasteiger partial charge in [0.25, 0.3) is 0 Å². The van der Waals surface area contributed by atoms with Crippen molar-refractivity contribution in [3.05, 3.63) is 35.2 Å². The second kappa shape index (κ2) is 4.84. The highest BCUT2D eigenvalue weighted by Crippen LogP contribution is 2.39. The average molecular weight is 296 g/mol. The second-order valence-electron chi connectivity index (χ2n) is 5.26. The number of aromatic nitrogens is 3. The highest BCUT2D eigenvalue weighted by Gasteiger charge is 2.21. The molecule has 22 heavy (non-hydrogen) atoms. The molecule has 1 aromatic carbocycles. The molecule has 3 rings (SSSR count). The van der Waals surface area contributed by atoms with E-state index in [0.717, 1.165) is 16.6 Å². The van der Waals surface area contributed by atoms with Gasteiger partial charge in [0.2, 0.25) is 0 Å². The van der Waals surface area contributed by atoms with Crippen molar-refractivity contribution in [3.63, 3.8) is 0 Å². The summed E-state index contributed by atoms with van der Waals surface area (Å²) in [5, 5.41) is 15.1. The monoisotopic (exact) mass is 296 g/mol. The third kappa shape index (κ3) is 1.84. The zero-order chi connectivity index (χ0) is 16.0. The van der Waals surface area contributed by atoms with Gasteiger partial charge in [-0.1, -0.05) is 12.1 Å². The van der Waals surface area contributed by atoms with Crippen LogP contribution in [0.4, 0.5) is 5.69 Å². The highest BCUT2D eigenvalue weighted by atomic mass is 16.3. The fourth-order valence-electron chi connectivity index (χ4n) is 2.77. The Bertz CT molecular complexity index is 912. The molecule has 0 aliphatic carbocycles. The maximum absolute atomic E-state index is 11.3. The maximum Gasteiger partial charge on any atom is 0.170 e. The average Bonchev–Trinajstić information content (AvgIpc) is 2.76. The first kappa shape index (κ1) is 14.1. The summed E-state index contributed by atoms with van der Waals surface area (Å²) in [7, 11) is 1.77. The Balaban J connectivity index is 2.54. The van der Waals surface area contributed by atoms with Crippen molar-refractivity contribution in [3.8, 4) is 16.9 Å². The van der Waals surface area contributed by atoms with Gasteiger partial charge in [0.1, 0.15) is 11.4 Å². The lowest BCUT2D eigenvalue weighted by Crippen LogP contribution is -2.03. The van der Waals surface area contributed by atoms with Crippen LogP contribution in [-0.4, -0.2) is 26.2 Å². The zero-order valence-electron chi connectivity index (χ0n) is 12.6. The molecular formula is C16H16N4O2. The first-order valence-electron chi connectivity index (χ1n) is 6.82. The van der Waals surface area contributed by atoms with Crippen molar-refractivity contribution in [1.29, 1.82) is 0 Å². The minimum Gasteiger partial charge on any atom is -0.508 e. The van der Waals surface area contributed by atoms with Gasteiger partial charge in [-0.2, -0.15) is 5.10 Å². The number of phenolic OH excluding ortho intramolecular Hbond substituents is 1. The fourth-order valence-corrected chi connectivity index (χ4v) is 2.77. The Hall–Kier alpha value is -2.89. The first-order chi connectivity index (χ1) is 10.5. The number of phenols is 1. The van der Waals surface area contributed by atoms with Gasteiger partial charge in [0, 0.05) is 12.6 Å². The molecule has 0 radical (unpaired) electrons. The third-order valence-electron chi connectivity index (χ3n) is 3.90. The van der Waals surface area contributed by atoms with E-state index in [1.165, 1.54) is 0 Å². The number of nitrogens with zero attached hydrogens (tertiary/aromatic N) is 3. The number of pyridine rings is 1. The number of nitrogen functional groups attached to an aromatic ring is 1. The molecule has 0 fully saturated rings. The maximum atomic E-state index is 11.3. The molecule has 0 saturated heterocycles. The minimum atomic E-state index is 0.174. The summed E-state index contributed by atoms with van der Waals surface area (Å²) in [6, 6.07) is 5.22. The summed E-state index contributed by atoms with van der Waals surface area (Å²) in [6.07, 6.45) is 0.638.